The number of carboxylic acids is 1. The molecule has 3 aromatic carbocycles. The number of hydrogen-bond acceptors (Lipinski definition) is 14. The van der Waals surface area contributed by atoms with Gasteiger partial charge in [-0.3, -0.25) is 28.8 Å². The van der Waals surface area contributed by atoms with Crippen LogP contribution in [0.15, 0.2) is 84.1 Å². The van der Waals surface area contributed by atoms with Crippen LogP contribution in [0.5, 0.6) is 0 Å². The Balaban J connectivity index is 1.23. The van der Waals surface area contributed by atoms with Crippen LogP contribution in [0.4, 0.5) is 5.82 Å². The number of aromatic nitrogens is 1. The fourth-order valence-corrected chi connectivity index (χ4v) is 7.75. The molecule has 0 fully saturated rings. The van der Waals surface area contributed by atoms with Crippen molar-refractivity contribution < 1.29 is 57.6 Å². The number of carbonyl (C=O) groups excluding carboxylic acids is 5. The third kappa shape index (κ3) is 23.1. The number of nitrogens with one attached hydrogen (secondary N) is 6. The lowest BCUT2D eigenvalue weighted by Gasteiger charge is -2.24. The van der Waals surface area contributed by atoms with E-state index >= 15 is 0 Å². The first-order valence-corrected chi connectivity index (χ1v) is 25.6. The minimum atomic E-state index is -1.12. The Morgan fingerprint density at radius 3 is 1.97 bits per heavy atom. The fourth-order valence-electron chi connectivity index (χ4n) is 7.75. The number of azide groups is 1. The number of carbonyl (C=O) groups is 6. The molecule has 0 aliphatic carbocycles. The molecule has 7 N–H and O–H groups in total. The van der Waals surface area contributed by atoms with Crippen molar-refractivity contribution >= 4 is 52.1 Å². The van der Waals surface area contributed by atoms with E-state index < -0.39 is 41.8 Å². The molecule has 5 amide bonds. The second kappa shape index (κ2) is 35.1. The summed E-state index contributed by atoms with van der Waals surface area (Å²) < 4.78 is 27.2. The van der Waals surface area contributed by atoms with Crippen molar-refractivity contribution in [3.05, 3.63) is 106 Å². The Morgan fingerprint density at radius 2 is 1.36 bits per heavy atom. The van der Waals surface area contributed by atoms with Gasteiger partial charge in [0.25, 0.3) is 5.91 Å². The van der Waals surface area contributed by atoms with Gasteiger partial charge in [0.15, 0.2) is 0 Å². The van der Waals surface area contributed by atoms with Crippen LogP contribution < -0.4 is 31.9 Å². The summed E-state index contributed by atoms with van der Waals surface area (Å²) in [5.74, 6) is -2.52. The molecule has 1 heterocycles. The zero-order valence-corrected chi connectivity index (χ0v) is 44.0. The number of ether oxygens (including phenoxy) is 5. The van der Waals surface area contributed by atoms with Gasteiger partial charge in [-0.2, -0.15) is 0 Å². The lowest BCUT2D eigenvalue weighted by molar-refractivity contribution is -0.138. The topological polar surface area (TPSA) is 303 Å². The molecule has 76 heavy (non-hydrogen) atoms. The molecule has 4 rings (SSSR count). The summed E-state index contributed by atoms with van der Waals surface area (Å²) in [5, 5.41) is 31.5. The second-order valence-corrected chi connectivity index (χ2v) is 18.0. The molecule has 0 aliphatic rings. The van der Waals surface area contributed by atoms with Crippen LogP contribution in [0.1, 0.15) is 80.4 Å². The number of aryl methyl sites for hydroxylation is 1. The molecule has 3 unspecified atom stereocenters. The van der Waals surface area contributed by atoms with E-state index in [0.717, 1.165) is 22.1 Å². The number of aliphatic carboxylic acids is 1. The monoisotopic (exact) mass is 1050 g/mol. The van der Waals surface area contributed by atoms with E-state index in [4.69, 9.17) is 29.2 Å². The SMILES string of the molecule is CCC(NC(=O)c1ccc(-c2ccc(C(CC(=O)O)NC(=O)CNC(=O)CCCNc3cc(C)ccn3)cc2)c2ccccc12)C(=O)NC(CC(C)C)C(=O)NCCOCCOCCOCCOCCOCCN=[N+]=[N-]. The molecule has 412 valence electrons. The molecule has 0 aliphatic heterocycles. The predicted molar refractivity (Wildman–Crippen MR) is 286 cm³/mol. The van der Waals surface area contributed by atoms with Crippen LogP contribution in [0.25, 0.3) is 32.3 Å². The first-order chi connectivity index (χ1) is 36.8. The molecular weight excluding hydrogens is 981 g/mol. The van der Waals surface area contributed by atoms with Gasteiger partial charge in [0, 0.05) is 42.7 Å². The number of benzene rings is 3. The number of amides is 5. The number of anilines is 1. The third-order valence-electron chi connectivity index (χ3n) is 11.6. The lowest BCUT2D eigenvalue weighted by atomic mass is 9.93. The van der Waals surface area contributed by atoms with Crippen LogP contribution >= 0.6 is 0 Å². The number of hydrogen-bond donors (Lipinski definition) is 7. The summed E-state index contributed by atoms with van der Waals surface area (Å²) in [6, 6.07) is 19.0. The molecule has 0 radical (unpaired) electrons. The molecule has 0 saturated carbocycles. The van der Waals surface area contributed by atoms with Gasteiger partial charge >= 0.3 is 5.97 Å². The number of nitrogens with zero attached hydrogens (tertiary/aromatic N) is 4. The Morgan fingerprint density at radius 1 is 0.711 bits per heavy atom. The molecule has 4 aromatic rings. The lowest BCUT2D eigenvalue weighted by Crippen LogP contribution is -2.54. The summed E-state index contributed by atoms with van der Waals surface area (Å²) in [6.07, 6.45) is 2.64. The second-order valence-electron chi connectivity index (χ2n) is 18.0. The van der Waals surface area contributed by atoms with Crippen molar-refractivity contribution in [1.82, 2.24) is 31.6 Å². The number of pyridine rings is 1. The Bertz CT molecular complexity index is 2510. The maximum Gasteiger partial charge on any atom is 0.305 e. The van der Waals surface area contributed by atoms with Crippen molar-refractivity contribution in [1.29, 1.82) is 0 Å². The van der Waals surface area contributed by atoms with Gasteiger partial charge in [0.05, 0.1) is 85.1 Å². The molecule has 3 atom stereocenters. The van der Waals surface area contributed by atoms with Crippen LogP contribution in [0.3, 0.4) is 0 Å². The van der Waals surface area contributed by atoms with E-state index in [9.17, 15) is 33.9 Å². The number of carboxylic acid groups (broad SMARTS) is 1. The van der Waals surface area contributed by atoms with E-state index in [0.29, 0.717) is 101 Å². The van der Waals surface area contributed by atoms with Gasteiger partial charge in [0.1, 0.15) is 17.9 Å². The molecule has 1 aromatic heterocycles. The molecule has 0 spiro atoms. The van der Waals surface area contributed by atoms with E-state index in [1.54, 1.807) is 37.4 Å². The van der Waals surface area contributed by atoms with Gasteiger partial charge in [-0.1, -0.05) is 80.5 Å². The molecule has 0 saturated heterocycles. The van der Waals surface area contributed by atoms with Crippen molar-refractivity contribution in [2.24, 2.45) is 11.0 Å². The number of fused-ring (bicyclic) bond motifs is 1. The molecule has 22 heteroatoms. The maximum atomic E-state index is 13.9. The minimum absolute atomic E-state index is 0.0729. The van der Waals surface area contributed by atoms with Crippen molar-refractivity contribution in [2.45, 2.75) is 77.9 Å². The van der Waals surface area contributed by atoms with E-state index in [2.05, 4.69) is 46.9 Å². The van der Waals surface area contributed by atoms with Gasteiger partial charge in [-0.25, -0.2) is 4.98 Å². The summed E-state index contributed by atoms with van der Waals surface area (Å²) >= 11 is 0. The highest BCUT2D eigenvalue weighted by Gasteiger charge is 2.27. The number of rotatable bonds is 38. The Kier molecular flexibility index (Phi) is 28.4. The Hall–Kier alpha value is -7.20. The third-order valence-corrected chi connectivity index (χ3v) is 11.6. The highest BCUT2D eigenvalue weighted by molar-refractivity contribution is 6.11. The average molecular weight is 1060 g/mol. The van der Waals surface area contributed by atoms with Gasteiger partial charge in [-0.15, -0.1) is 0 Å². The van der Waals surface area contributed by atoms with Crippen molar-refractivity contribution in [3.8, 4) is 11.1 Å². The van der Waals surface area contributed by atoms with Crippen LogP contribution in [-0.2, 0) is 47.7 Å². The molecular formula is C54H74N10O12. The zero-order chi connectivity index (χ0) is 54.9. The predicted octanol–water partition coefficient (Wildman–Crippen LogP) is 5.40. The summed E-state index contributed by atoms with van der Waals surface area (Å²) in [4.78, 5) is 85.1. The van der Waals surface area contributed by atoms with Crippen molar-refractivity contribution in [3.63, 3.8) is 0 Å². The molecule has 22 nitrogen and oxygen atoms in total. The summed E-state index contributed by atoms with van der Waals surface area (Å²) in [5.41, 5.74) is 11.7. The van der Waals surface area contributed by atoms with Crippen LogP contribution in [0, 0.1) is 12.8 Å². The van der Waals surface area contributed by atoms with E-state index in [1.807, 2.05) is 69.3 Å². The van der Waals surface area contributed by atoms with Gasteiger partial charge in [0.2, 0.25) is 23.6 Å². The summed E-state index contributed by atoms with van der Waals surface area (Å²) in [7, 11) is 0. The quantitative estimate of drug-likeness (QED) is 0.0128. The Labute approximate surface area is 443 Å². The smallest absolute Gasteiger partial charge is 0.305 e. The first-order valence-electron chi connectivity index (χ1n) is 25.6. The summed E-state index contributed by atoms with van der Waals surface area (Å²) in [6.45, 7) is 12.0. The zero-order valence-electron chi connectivity index (χ0n) is 44.0. The van der Waals surface area contributed by atoms with Crippen LogP contribution in [0.2, 0.25) is 0 Å². The molecule has 0 bridgehead atoms. The highest BCUT2D eigenvalue weighted by Crippen LogP contribution is 2.32. The minimum Gasteiger partial charge on any atom is -0.481 e. The highest BCUT2D eigenvalue weighted by atomic mass is 16.6. The van der Waals surface area contributed by atoms with Crippen LogP contribution in [-0.4, -0.2) is 150 Å². The van der Waals surface area contributed by atoms with Gasteiger partial charge in [-0.05, 0) is 88.9 Å². The maximum absolute atomic E-state index is 13.9. The fraction of sp³-hybridized carbons (Fsp3) is 0.500. The largest absolute Gasteiger partial charge is 0.481 e. The van der Waals surface area contributed by atoms with E-state index in [-0.39, 0.29) is 63.2 Å². The van der Waals surface area contributed by atoms with Gasteiger partial charge < -0.3 is 60.7 Å². The van der Waals surface area contributed by atoms with Crippen molar-refractivity contribution in [2.75, 3.05) is 97.6 Å². The standard InChI is InChI=1S/C54H74N10O12/c1-5-45(54(71)63-47(33-37(2)3)53(70)58-21-23-72-25-27-74-29-31-76-32-30-75-28-26-73-24-22-60-64-55)62-52(69)44-17-16-41(42-9-6-7-10-43(42)44)39-12-14-40(15-13-39)46(35-51(67)68)61-50(66)36-59-49(65)11-8-19-56-48-34-38(4)18-20-57-48/h6-7,9-10,12-18,20,34,37,45-47H,5,8,11,19,21-33,35-36H2,1-4H3,(H,56,57)(H,58,70)(H,59,65)(H,61,66)(H,62,69)(H,63,71)(H,67,68). The normalized spacial score (nSPS) is 12.2. The average Bonchev–Trinajstić information content (AvgIpc) is 3.40. The first kappa shape index (κ1) is 61.3. The van der Waals surface area contributed by atoms with E-state index in [1.165, 1.54) is 0 Å².